The van der Waals surface area contributed by atoms with Crippen LogP contribution in [0.2, 0.25) is 0 Å². The number of urea groups is 1. The highest BCUT2D eigenvalue weighted by Crippen LogP contribution is 2.27. The van der Waals surface area contributed by atoms with Crippen molar-refractivity contribution in [2.24, 2.45) is 17.6 Å². The normalized spacial score (nSPS) is 16.3. The van der Waals surface area contributed by atoms with E-state index in [2.05, 4.69) is 20.8 Å². The molecule has 1 heterocycles. The Bertz CT molecular complexity index is 694. The van der Waals surface area contributed by atoms with Crippen LogP contribution in [0.15, 0.2) is 4.42 Å². The Morgan fingerprint density at radius 2 is 1.62 bits per heavy atom. The van der Waals surface area contributed by atoms with Crippen molar-refractivity contribution in [2.75, 3.05) is 0 Å². The van der Waals surface area contributed by atoms with Crippen LogP contribution in [0.25, 0.3) is 0 Å². The second-order valence-electron chi connectivity index (χ2n) is 7.19. The molecule has 29 heavy (non-hydrogen) atoms. The number of carboxylic acids is 2. The lowest BCUT2D eigenvalue weighted by Crippen LogP contribution is -2.48. The van der Waals surface area contributed by atoms with Crippen LogP contribution in [-0.4, -0.2) is 44.4 Å². The molecule has 0 fully saturated rings. The van der Waals surface area contributed by atoms with Gasteiger partial charge in [-0.3, -0.25) is 4.79 Å². The molecule has 11 heteroatoms. The predicted molar refractivity (Wildman–Crippen MR) is 103 cm³/mol. The summed E-state index contributed by atoms with van der Waals surface area (Å²) in [7, 11) is 0. The molecule has 2 amide bonds. The summed E-state index contributed by atoms with van der Waals surface area (Å²) in [6, 6.07) is -3.18. The summed E-state index contributed by atoms with van der Waals surface area (Å²) in [6.45, 7) is 7.77. The fraction of sp³-hybridized carbons (Fsp3) is 0.722. The number of amides is 2. The molecule has 0 aliphatic carbocycles. The molecule has 0 saturated carbocycles. The first-order valence-electron chi connectivity index (χ1n) is 9.71. The Balaban J connectivity index is 2.91. The number of carbonyl (C=O) groups is 3. The minimum absolute atomic E-state index is 0.0869. The number of aromatic nitrogens is 2. The smallest absolute Gasteiger partial charge is 0.326 e. The van der Waals surface area contributed by atoms with E-state index in [-0.39, 0.29) is 36.5 Å². The minimum Gasteiger partial charge on any atom is -0.481 e. The molecule has 1 aromatic heterocycles. The first kappa shape index (κ1) is 24.3. The van der Waals surface area contributed by atoms with Gasteiger partial charge in [-0.15, -0.1) is 10.2 Å². The van der Waals surface area contributed by atoms with Gasteiger partial charge in [-0.05, 0) is 18.3 Å². The first-order valence-corrected chi connectivity index (χ1v) is 9.71. The van der Waals surface area contributed by atoms with Gasteiger partial charge in [0, 0.05) is 6.42 Å². The van der Waals surface area contributed by atoms with Crippen LogP contribution in [0.3, 0.4) is 0 Å². The maximum Gasteiger partial charge on any atom is 0.326 e. The van der Waals surface area contributed by atoms with Gasteiger partial charge in [-0.25, -0.2) is 9.59 Å². The summed E-state index contributed by atoms with van der Waals surface area (Å²) in [5.74, 6) is -1.97. The molecular formula is C18H31N5O6. The average molecular weight is 413 g/mol. The molecule has 2 unspecified atom stereocenters. The molecule has 5 atom stereocenters. The second kappa shape index (κ2) is 11.3. The van der Waals surface area contributed by atoms with E-state index in [9.17, 15) is 19.5 Å². The van der Waals surface area contributed by atoms with E-state index in [1.807, 2.05) is 27.7 Å². The molecule has 0 radical (unpaired) electrons. The zero-order chi connectivity index (χ0) is 22.1. The molecule has 0 aromatic carbocycles. The Morgan fingerprint density at radius 1 is 1.03 bits per heavy atom. The molecule has 0 aliphatic heterocycles. The summed E-state index contributed by atoms with van der Waals surface area (Å²) in [5, 5.41) is 30.9. The number of rotatable bonds is 12. The third-order valence-corrected chi connectivity index (χ3v) is 5.01. The van der Waals surface area contributed by atoms with Gasteiger partial charge >= 0.3 is 18.0 Å². The van der Waals surface area contributed by atoms with Gasteiger partial charge in [0.1, 0.15) is 12.1 Å². The van der Waals surface area contributed by atoms with E-state index in [1.165, 1.54) is 0 Å². The van der Waals surface area contributed by atoms with Crippen molar-refractivity contribution in [3.8, 4) is 0 Å². The van der Waals surface area contributed by atoms with E-state index in [0.717, 1.165) is 6.42 Å². The predicted octanol–water partition coefficient (Wildman–Crippen LogP) is 1.82. The van der Waals surface area contributed by atoms with Gasteiger partial charge < -0.3 is 31.0 Å². The van der Waals surface area contributed by atoms with Crippen molar-refractivity contribution in [1.82, 2.24) is 20.8 Å². The number of nitrogens with two attached hydrogens (primary N) is 1. The minimum atomic E-state index is -1.33. The monoisotopic (exact) mass is 413 g/mol. The van der Waals surface area contributed by atoms with Crippen LogP contribution in [0, 0.1) is 11.8 Å². The number of nitrogens with zero attached hydrogens (tertiary/aromatic N) is 2. The lowest BCUT2D eigenvalue weighted by atomic mass is 9.99. The Labute approximate surface area is 169 Å². The summed E-state index contributed by atoms with van der Waals surface area (Å²) < 4.78 is 5.70. The first-order chi connectivity index (χ1) is 13.6. The van der Waals surface area contributed by atoms with Crippen molar-refractivity contribution in [3.05, 3.63) is 11.8 Å². The van der Waals surface area contributed by atoms with Crippen LogP contribution < -0.4 is 16.4 Å². The molecule has 0 saturated heterocycles. The maximum atomic E-state index is 12.4. The van der Waals surface area contributed by atoms with Crippen molar-refractivity contribution >= 4 is 18.0 Å². The van der Waals surface area contributed by atoms with Crippen molar-refractivity contribution in [3.63, 3.8) is 0 Å². The standard InChI is InChI=1S/C18H31N5O6/c1-5-9(3)13(19)15-22-23-16(29-15)14(10(4)6-2)21-18(28)20-11(17(26)27)7-8-12(24)25/h9-11,13-14H,5-8,19H2,1-4H3,(H,24,25)(H,26,27)(H2,20,21,28)/t9?,10?,11-,13-,14-/m0/s1. The van der Waals surface area contributed by atoms with Crippen LogP contribution in [0.4, 0.5) is 4.79 Å². The number of nitrogens with one attached hydrogen (secondary N) is 2. The average Bonchev–Trinajstić information content (AvgIpc) is 3.16. The highest BCUT2D eigenvalue weighted by Gasteiger charge is 2.29. The molecule has 164 valence electrons. The highest BCUT2D eigenvalue weighted by molar-refractivity contribution is 5.83. The molecule has 0 aliphatic rings. The van der Waals surface area contributed by atoms with Gasteiger partial charge in [0.15, 0.2) is 0 Å². The SMILES string of the molecule is CCC(C)[C@H](N)c1nnc([C@@H](NC(=O)N[C@@H](CCC(=O)O)C(=O)O)C(C)CC)o1. The number of carbonyl (C=O) groups excluding carboxylic acids is 1. The maximum absolute atomic E-state index is 12.4. The lowest BCUT2D eigenvalue weighted by molar-refractivity contribution is -0.140. The van der Waals surface area contributed by atoms with Crippen molar-refractivity contribution < 1.29 is 29.0 Å². The number of carboxylic acid groups (broad SMARTS) is 2. The molecular weight excluding hydrogens is 382 g/mol. The summed E-state index contributed by atoms with van der Waals surface area (Å²) in [6.07, 6.45) is 0.899. The zero-order valence-electron chi connectivity index (χ0n) is 17.2. The lowest BCUT2D eigenvalue weighted by Gasteiger charge is -2.23. The van der Waals surface area contributed by atoms with Crippen molar-refractivity contribution in [2.45, 2.75) is 71.5 Å². The van der Waals surface area contributed by atoms with Crippen LogP contribution in [0.1, 0.15) is 77.2 Å². The summed E-state index contributed by atoms with van der Waals surface area (Å²) >= 11 is 0. The van der Waals surface area contributed by atoms with E-state index in [0.29, 0.717) is 6.42 Å². The van der Waals surface area contributed by atoms with Gasteiger partial charge in [-0.2, -0.15) is 0 Å². The highest BCUT2D eigenvalue weighted by atomic mass is 16.4. The van der Waals surface area contributed by atoms with E-state index in [1.54, 1.807) is 0 Å². The topological polar surface area (TPSA) is 181 Å². The molecule has 0 bridgehead atoms. The third kappa shape index (κ3) is 7.33. The number of hydrogen-bond donors (Lipinski definition) is 5. The van der Waals surface area contributed by atoms with Crippen LogP contribution >= 0.6 is 0 Å². The van der Waals surface area contributed by atoms with E-state index < -0.39 is 36.1 Å². The Morgan fingerprint density at radius 3 is 2.14 bits per heavy atom. The molecule has 6 N–H and O–H groups in total. The van der Waals surface area contributed by atoms with Gasteiger partial charge in [0.25, 0.3) is 0 Å². The van der Waals surface area contributed by atoms with E-state index in [4.69, 9.17) is 15.3 Å². The van der Waals surface area contributed by atoms with Gasteiger partial charge in [-0.1, -0.05) is 40.5 Å². The van der Waals surface area contributed by atoms with E-state index >= 15 is 0 Å². The number of aliphatic carboxylic acids is 2. The quantitative estimate of drug-likeness (QED) is 0.341. The fourth-order valence-electron chi connectivity index (χ4n) is 2.55. The van der Waals surface area contributed by atoms with Crippen LogP contribution in [0.5, 0.6) is 0 Å². The zero-order valence-corrected chi connectivity index (χ0v) is 17.2. The summed E-state index contributed by atoms with van der Waals surface area (Å²) in [5.41, 5.74) is 6.12. The van der Waals surface area contributed by atoms with Crippen molar-refractivity contribution in [1.29, 1.82) is 0 Å². The second-order valence-corrected chi connectivity index (χ2v) is 7.19. The summed E-state index contributed by atoms with van der Waals surface area (Å²) in [4.78, 5) is 34.3. The van der Waals surface area contributed by atoms with Gasteiger partial charge in [0.05, 0.1) is 6.04 Å². The Kier molecular flexibility index (Phi) is 9.53. The molecule has 1 rings (SSSR count). The molecule has 1 aromatic rings. The van der Waals surface area contributed by atoms with Crippen LogP contribution in [-0.2, 0) is 9.59 Å². The van der Waals surface area contributed by atoms with Gasteiger partial charge in [0.2, 0.25) is 11.8 Å². The number of hydrogen-bond acceptors (Lipinski definition) is 7. The largest absolute Gasteiger partial charge is 0.481 e. The fourth-order valence-corrected chi connectivity index (χ4v) is 2.55. The Hall–Kier alpha value is -2.69. The molecule has 0 spiro atoms. The molecule has 11 nitrogen and oxygen atoms in total. The third-order valence-electron chi connectivity index (χ3n) is 5.01.